The Morgan fingerprint density at radius 3 is 2.84 bits per heavy atom. The normalized spacial score (nSPS) is 32.3. The van der Waals surface area contributed by atoms with Gasteiger partial charge in [0.1, 0.15) is 0 Å². The van der Waals surface area contributed by atoms with Gasteiger partial charge in [0, 0.05) is 43.4 Å². The Bertz CT molecular complexity index is 655. The molecule has 4 rings (SSSR count). The van der Waals surface area contributed by atoms with Crippen LogP contribution >= 0.6 is 0 Å². The molecule has 3 heteroatoms. The largest absolute Gasteiger partial charge is 0.384 e. The van der Waals surface area contributed by atoms with Crippen LogP contribution in [0.3, 0.4) is 0 Å². The summed E-state index contributed by atoms with van der Waals surface area (Å²) in [6, 6.07) is 9.05. The smallest absolute Gasteiger partial charge is 0.0550 e. The van der Waals surface area contributed by atoms with Gasteiger partial charge in [0.15, 0.2) is 0 Å². The topological polar surface area (TPSA) is 15.7 Å². The fourth-order valence-corrected chi connectivity index (χ4v) is 5.56. The van der Waals surface area contributed by atoms with Crippen molar-refractivity contribution in [2.75, 3.05) is 45.3 Å². The Labute approximate surface area is 152 Å². The van der Waals surface area contributed by atoms with Gasteiger partial charge in [0.2, 0.25) is 0 Å². The van der Waals surface area contributed by atoms with Crippen molar-refractivity contribution in [2.24, 2.45) is 11.3 Å². The van der Waals surface area contributed by atoms with Crippen molar-refractivity contribution in [3.8, 4) is 0 Å². The number of benzene rings is 1. The molecule has 25 heavy (non-hydrogen) atoms. The lowest BCUT2D eigenvalue weighted by Gasteiger charge is -2.53. The molecule has 1 fully saturated rings. The van der Waals surface area contributed by atoms with Crippen LogP contribution in [-0.4, -0.2) is 45.3 Å². The van der Waals surface area contributed by atoms with Gasteiger partial charge >= 0.3 is 0 Å². The number of piperidine rings is 1. The maximum atomic E-state index is 5.75. The second-order valence-corrected chi connectivity index (χ2v) is 8.25. The Kier molecular flexibility index (Phi) is 4.63. The molecule has 136 valence electrons. The maximum Gasteiger partial charge on any atom is 0.0550 e. The zero-order valence-corrected chi connectivity index (χ0v) is 16.0. The minimum atomic E-state index is 0.396. The standard InChI is InChI=1S/C22H32N2O/c1-4-22-10-7-12-23(2)15-17-14-21(19(22)16-25-3)24(13-11-22)20-9-6-5-8-18(17)20/h5-6,8-9,14,17,19H,4,7,10-13,15-16H2,1-3H3. The van der Waals surface area contributed by atoms with E-state index < -0.39 is 0 Å². The molecule has 0 N–H and O–H groups in total. The highest BCUT2D eigenvalue weighted by molar-refractivity contribution is 5.64. The SMILES string of the molecule is CCC12CCCN(C)CC3C=C(C1COC)N(CC2)c1ccccc13. The summed E-state index contributed by atoms with van der Waals surface area (Å²) < 4.78 is 5.75. The van der Waals surface area contributed by atoms with Gasteiger partial charge < -0.3 is 14.5 Å². The van der Waals surface area contributed by atoms with Crippen molar-refractivity contribution in [1.82, 2.24) is 4.90 Å². The van der Waals surface area contributed by atoms with Crippen LogP contribution in [0.15, 0.2) is 36.0 Å². The molecule has 0 saturated carbocycles. The molecule has 3 atom stereocenters. The third kappa shape index (κ3) is 2.82. The summed E-state index contributed by atoms with van der Waals surface area (Å²) in [4.78, 5) is 5.13. The summed E-state index contributed by atoms with van der Waals surface area (Å²) in [7, 11) is 4.16. The highest BCUT2D eigenvalue weighted by atomic mass is 16.5. The molecule has 0 spiro atoms. The van der Waals surface area contributed by atoms with Crippen LogP contribution in [0.25, 0.3) is 0 Å². The quantitative estimate of drug-likeness (QED) is 0.817. The van der Waals surface area contributed by atoms with E-state index >= 15 is 0 Å². The number of para-hydroxylation sites is 1. The van der Waals surface area contributed by atoms with Gasteiger partial charge in [0.25, 0.3) is 0 Å². The molecule has 0 radical (unpaired) electrons. The van der Waals surface area contributed by atoms with Crippen LogP contribution in [0, 0.1) is 11.3 Å². The minimum Gasteiger partial charge on any atom is -0.384 e. The van der Waals surface area contributed by atoms with E-state index in [1.807, 2.05) is 7.11 Å². The molecule has 3 aliphatic heterocycles. The fourth-order valence-electron chi connectivity index (χ4n) is 5.56. The number of hydrogen-bond acceptors (Lipinski definition) is 3. The Morgan fingerprint density at radius 1 is 1.20 bits per heavy atom. The highest BCUT2D eigenvalue weighted by Gasteiger charge is 2.46. The molecule has 0 aliphatic carbocycles. The van der Waals surface area contributed by atoms with Crippen molar-refractivity contribution in [2.45, 2.75) is 38.5 Å². The van der Waals surface area contributed by atoms with Gasteiger partial charge in [-0.2, -0.15) is 0 Å². The van der Waals surface area contributed by atoms with Crippen molar-refractivity contribution >= 4 is 5.69 Å². The average Bonchev–Trinajstić information content (AvgIpc) is 2.63. The molecule has 3 nitrogen and oxygen atoms in total. The van der Waals surface area contributed by atoms with E-state index in [-0.39, 0.29) is 0 Å². The molecule has 0 amide bonds. The van der Waals surface area contributed by atoms with E-state index in [4.69, 9.17) is 4.74 Å². The molecule has 3 unspecified atom stereocenters. The molecular weight excluding hydrogens is 308 g/mol. The second-order valence-electron chi connectivity index (χ2n) is 8.25. The summed E-state index contributed by atoms with van der Waals surface area (Å²) in [6.07, 6.45) is 7.72. The number of methoxy groups -OCH3 is 1. The van der Waals surface area contributed by atoms with E-state index in [0.717, 1.165) is 19.7 Å². The summed E-state index contributed by atoms with van der Waals surface area (Å²) in [6.45, 7) is 6.71. The molecular formula is C22H32N2O. The molecule has 1 aromatic carbocycles. The van der Waals surface area contributed by atoms with Gasteiger partial charge in [-0.15, -0.1) is 0 Å². The number of ether oxygens (including phenoxy) is 1. The van der Waals surface area contributed by atoms with E-state index in [1.165, 1.54) is 49.2 Å². The van der Waals surface area contributed by atoms with Crippen LogP contribution in [0.1, 0.15) is 44.1 Å². The van der Waals surface area contributed by atoms with Crippen LogP contribution in [0.4, 0.5) is 5.69 Å². The first kappa shape index (κ1) is 17.1. The third-order valence-electron chi connectivity index (χ3n) is 7.00. The van der Waals surface area contributed by atoms with Crippen molar-refractivity contribution in [1.29, 1.82) is 0 Å². The Morgan fingerprint density at radius 2 is 2.04 bits per heavy atom. The summed E-state index contributed by atoms with van der Waals surface area (Å²) in [5, 5.41) is 0. The van der Waals surface area contributed by atoms with Crippen molar-refractivity contribution < 1.29 is 4.74 Å². The first-order valence-electron chi connectivity index (χ1n) is 9.94. The summed E-state index contributed by atoms with van der Waals surface area (Å²) in [5.74, 6) is 1.02. The van der Waals surface area contributed by atoms with E-state index in [1.54, 1.807) is 0 Å². The number of likely N-dealkylation sites (N-methyl/N-ethyl adjacent to an activating group) is 1. The first-order valence-corrected chi connectivity index (χ1v) is 9.94. The van der Waals surface area contributed by atoms with E-state index in [9.17, 15) is 0 Å². The van der Waals surface area contributed by atoms with Gasteiger partial charge in [-0.05, 0) is 56.3 Å². The van der Waals surface area contributed by atoms with Crippen LogP contribution in [-0.2, 0) is 4.74 Å². The van der Waals surface area contributed by atoms with Crippen LogP contribution in [0.2, 0.25) is 0 Å². The first-order chi connectivity index (χ1) is 12.2. The number of anilines is 1. The monoisotopic (exact) mass is 340 g/mol. The van der Waals surface area contributed by atoms with Gasteiger partial charge in [-0.25, -0.2) is 0 Å². The van der Waals surface area contributed by atoms with Crippen molar-refractivity contribution in [3.05, 3.63) is 41.6 Å². The van der Waals surface area contributed by atoms with Crippen molar-refractivity contribution in [3.63, 3.8) is 0 Å². The Balaban J connectivity index is 1.85. The van der Waals surface area contributed by atoms with E-state index in [0.29, 0.717) is 17.3 Å². The van der Waals surface area contributed by atoms with Gasteiger partial charge in [0.05, 0.1) is 6.61 Å². The van der Waals surface area contributed by atoms with Gasteiger partial charge in [-0.3, -0.25) is 0 Å². The zero-order chi connectivity index (χ0) is 17.4. The molecule has 3 heterocycles. The number of hydrogen-bond donors (Lipinski definition) is 0. The van der Waals surface area contributed by atoms with E-state index in [2.05, 4.69) is 54.1 Å². The maximum absolute atomic E-state index is 5.75. The summed E-state index contributed by atoms with van der Waals surface area (Å²) in [5.41, 5.74) is 4.87. The molecule has 3 bridgehead atoms. The Hall–Kier alpha value is -1.32. The van der Waals surface area contributed by atoms with Crippen LogP contribution < -0.4 is 4.90 Å². The number of nitrogens with zero attached hydrogens (tertiary/aromatic N) is 2. The minimum absolute atomic E-state index is 0.396. The molecule has 3 aliphatic rings. The lowest BCUT2D eigenvalue weighted by molar-refractivity contribution is 0.0455. The predicted octanol–water partition coefficient (Wildman–Crippen LogP) is 4.26. The fraction of sp³-hybridized carbons (Fsp3) is 0.636. The molecule has 0 aromatic heterocycles. The summed E-state index contributed by atoms with van der Waals surface area (Å²) >= 11 is 0. The third-order valence-corrected chi connectivity index (χ3v) is 7.00. The lowest BCUT2D eigenvalue weighted by atomic mass is 9.63. The lowest BCUT2D eigenvalue weighted by Crippen LogP contribution is -2.50. The predicted molar refractivity (Wildman–Crippen MR) is 104 cm³/mol. The van der Waals surface area contributed by atoms with Crippen LogP contribution in [0.5, 0.6) is 0 Å². The molecule has 1 saturated heterocycles. The second kappa shape index (κ2) is 6.77. The highest BCUT2D eigenvalue weighted by Crippen LogP contribution is 2.52. The number of fused-ring (bicyclic) bond motifs is 5. The van der Waals surface area contributed by atoms with Gasteiger partial charge in [-0.1, -0.05) is 31.2 Å². The average molecular weight is 341 g/mol. The zero-order valence-electron chi connectivity index (χ0n) is 16.0. The molecule has 1 aromatic rings. The number of rotatable bonds is 3.